The number of amides is 3. The average Bonchev–Trinajstić information content (AvgIpc) is 2.73. The highest BCUT2D eigenvalue weighted by Crippen LogP contribution is 2.18. The molecule has 6 nitrogen and oxygen atoms in total. The number of aromatic nitrogens is 1. The Hall–Kier alpha value is -2.89. The Morgan fingerprint density at radius 2 is 1.96 bits per heavy atom. The van der Waals surface area contributed by atoms with Crippen molar-refractivity contribution in [2.75, 3.05) is 25.5 Å². The van der Waals surface area contributed by atoms with Gasteiger partial charge in [-0.1, -0.05) is 18.2 Å². The number of hydrogen-bond donors (Lipinski definition) is 2. The molecule has 3 amide bonds. The number of carbonyl (C=O) groups excluding carboxylic acids is 2. The van der Waals surface area contributed by atoms with Crippen molar-refractivity contribution in [2.45, 2.75) is 25.7 Å². The molecule has 0 spiro atoms. The van der Waals surface area contributed by atoms with Gasteiger partial charge in [-0.25, -0.2) is 4.79 Å². The van der Waals surface area contributed by atoms with Gasteiger partial charge in [0.25, 0.3) is 0 Å². The van der Waals surface area contributed by atoms with Gasteiger partial charge in [-0.2, -0.15) is 0 Å². The molecular formula is C21H26N4O2. The van der Waals surface area contributed by atoms with Crippen LogP contribution >= 0.6 is 0 Å². The number of hydrogen-bond acceptors (Lipinski definition) is 3. The van der Waals surface area contributed by atoms with Gasteiger partial charge in [-0.3, -0.25) is 9.78 Å². The maximum absolute atomic E-state index is 12.5. The minimum Gasteiger partial charge on any atom is -0.359 e. The second kappa shape index (κ2) is 9.16. The second-order valence-electron chi connectivity index (χ2n) is 6.85. The van der Waals surface area contributed by atoms with E-state index in [1.165, 1.54) is 5.56 Å². The van der Waals surface area contributed by atoms with E-state index in [4.69, 9.17) is 0 Å². The molecule has 1 aliphatic heterocycles. The van der Waals surface area contributed by atoms with Gasteiger partial charge in [0.15, 0.2) is 0 Å². The summed E-state index contributed by atoms with van der Waals surface area (Å²) >= 11 is 0. The van der Waals surface area contributed by atoms with Gasteiger partial charge in [-0.15, -0.1) is 0 Å². The summed E-state index contributed by atoms with van der Waals surface area (Å²) in [7, 11) is 1.64. The maximum Gasteiger partial charge on any atom is 0.321 e. The number of urea groups is 1. The first-order valence-electron chi connectivity index (χ1n) is 9.42. The number of rotatable bonds is 5. The Bertz CT molecular complexity index is 762. The lowest BCUT2D eigenvalue weighted by atomic mass is 9.97. The van der Waals surface area contributed by atoms with Crippen molar-refractivity contribution in [1.82, 2.24) is 15.2 Å². The number of likely N-dealkylation sites (tertiary alicyclic amines) is 1. The lowest BCUT2D eigenvalue weighted by Crippen LogP contribution is -2.46. The molecule has 2 N–H and O–H groups in total. The van der Waals surface area contributed by atoms with Crippen LogP contribution in [0.4, 0.5) is 10.5 Å². The first-order valence-corrected chi connectivity index (χ1v) is 9.42. The van der Waals surface area contributed by atoms with Crippen molar-refractivity contribution in [1.29, 1.82) is 0 Å². The van der Waals surface area contributed by atoms with Gasteiger partial charge >= 0.3 is 6.03 Å². The van der Waals surface area contributed by atoms with E-state index in [9.17, 15) is 9.59 Å². The molecule has 1 aliphatic rings. The highest BCUT2D eigenvalue weighted by molar-refractivity contribution is 5.90. The molecule has 1 saturated heterocycles. The topological polar surface area (TPSA) is 74.3 Å². The largest absolute Gasteiger partial charge is 0.359 e. The van der Waals surface area contributed by atoms with Gasteiger partial charge in [-0.05, 0) is 55.5 Å². The van der Waals surface area contributed by atoms with Gasteiger partial charge < -0.3 is 15.5 Å². The van der Waals surface area contributed by atoms with Gasteiger partial charge in [0, 0.05) is 37.7 Å². The van der Waals surface area contributed by atoms with Crippen molar-refractivity contribution in [2.24, 2.45) is 5.92 Å². The molecule has 0 bridgehead atoms. The van der Waals surface area contributed by atoms with Gasteiger partial charge in [0.05, 0.1) is 5.92 Å². The summed E-state index contributed by atoms with van der Waals surface area (Å²) < 4.78 is 0. The fraction of sp³-hybridized carbons (Fsp3) is 0.381. The summed E-state index contributed by atoms with van der Waals surface area (Å²) in [5.74, 6) is -0.117. The maximum atomic E-state index is 12.5. The Morgan fingerprint density at radius 1 is 1.15 bits per heavy atom. The molecule has 2 aromatic rings. The predicted molar refractivity (Wildman–Crippen MR) is 105 cm³/mol. The van der Waals surface area contributed by atoms with Crippen LogP contribution in [0.15, 0.2) is 48.7 Å². The molecule has 1 atom stereocenters. The van der Waals surface area contributed by atoms with Gasteiger partial charge in [0.1, 0.15) is 0 Å². The van der Waals surface area contributed by atoms with Crippen molar-refractivity contribution in [3.63, 3.8) is 0 Å². The first-order chi connectivity index (χ1) is 13.2. The normalized spacial score (nSPS) is 16.6. The van der Waals surface area contributed by atoms with Crippen molar-refractivity contribution < 1.29 is 9.59 Å². The molecule has 0 radical (unpaired) electrons. The van der Waals surface area contributed by atoms with Crippen molar-refractivity contribution in [3.05, 3.63) is 59.9 Å². The van der Waals surface area contributed by atoms with Crippen LogP contribution in [-0.2, 0) is 17.6 Å². The number of piperidine rings is 1. The smallest absolute Gasteiger partial charge is 0.321 e. The highest BCUT2D eigenvalue weighted by Gasteiger charge is 2.27. The van der Waals surface area contributed by atoms with E-state index >= 15 is 0 Å². The van der Waals surface area contributed by atoms with Crippen LogP contribution in [0.3, 0.4) is 0 Å². The Balaban J connectivity index is 1.51. The van der Waals surface area contributed by atoms with Crippen molar-refractivity contribution >= 4 is 17.6 Å². The van der Waals surface area contributed by atoms with E-state index in [0.29, 0.717) is 13.1 Å². The molecule has 2 heterocycles. The minimum absolute atomic E-state index is 0.00441. The number of pyridine rings is 1. The fourth-order valence-corrected chi connectivity index (χ4v) is 3.36. The molecule has 1 aromatic heterocycles. The number of aryl methyl sites for hydroxylation is 2. The van der Waals surface area contributed by atoms with E-state index in [2.05, 4.69) is 15.6 Å². The second-order valence-corrected chi connectivity index (χ2v) is 6.85. The fourth-order valence-electron chi connectivity index (χ4n) is 3.36. The van der Waals surface area contributed by atoms with Crippen LogP contribution in [0.2, 0.25) is 0 Å². The first kappa shape index (κ1) is 18.9. The number of anilines is 1. The third kappa shape index (κ3) is 5.29. The van der Waals surface area contributed by atoms with E-state index in [1.54, 1.807) is 11.9 Å². The summed E-state index contributed by atoms with van der Waals surface area (Å²) in [5.41, 5.74) is 3.05. The molecule has 0 saturated carbocycles. The van der Waals surface area contributed by atoms with Crippen LogP contribution in [0, 0.1) is 5.92 Å². The summed E-state index contributed by atoms with van der Waals surface area (Å²) in [6.45, 7) is 1.15. The summed E-state index contributed by atoms with van der Waals surface area (Å²) in [5, 5.41) is 5.61. The van der Waals surface area contributed by atoms with E-state index < -0.39 is 0 Å². The lowest BCUT2D eigenvalue weighted by molar-refractivity contribution is -0.125. The summed E-state index contributed by atoms with van der Waals surface area (Å²) in [6, 6.07) is 13.7. The van der Waals surface area contributed by atoms with Crippen LogP contribution in [0.25, 0.3) is 0 Å². The molecule has 1 fully saturated rings. The van der Waals surface area contributed by atoms with E-state index in [0.717, 1.165) is 37.1 Å². The Morgan fingerprint density at radius 3 is 2.67 bits per heavy atom. The molecule has 142 valence electrons. The van der Waals surface area contributed by atoms with Crippen LogP contribution < -0.4 is 10.6 Å². The lowest BCUT2D eigenvalue weighted by Gasteiger charge is -2.31. The molecule has 1 aromatic carbocycles. The van der Waals surface area contributed by atoms with Crippen molar-refractivity contribution in [3.8, 4) is 0 Å². The van der Waals surface area contributed by atoms with Crippen LogP contribution in [0.1, 0.15) is 24.1 Å². The standard InChI is InChI=1S/C21H26N4O2/c1-22-20(26)17-5-4-14-25(15-17)21(27)24-19-11-8-16(9-12-19)7-10-18-6-2-3-13-23-18/h2-3,6,8-9,11-13,17H,4-5,7,10,14-15H2,1H3,(H,22,26)(H,24,27). The number of benzene rings is 1. The monoisotopic (exact) mass is 366 g/mol. The Kier molecular flexibility index (Phi) is 6.41. The summed E-state index contributed by atoms with van der Waals surface area (Å²) in [6.07, 6.45) is 5.28. The molecule has 27 heavy (non-hydrogen) atoms. The molecule has 3 rings (SSSR count). The number of carbonyl (C=O) groups is 2. The SMILES string of the molecule is CNC(=O)C1CCCN(C(=O)Nc2ccc(CCc3ccccn3)cc2)C1. The zero-order valence-corrected chi connectivity index (χ0v) is 15.6. The zero-order valence-electron chi connectivity index (χ0n) is 15.6. The van der Waals surface area contributed by atoms with E-state index in [-0.39, 0.29) is 17.9 Å². The Labute approximate surface area is 160 Å². The summed E-state index contributed by atoms with van der Waals surface area (Å²) in [4.78, 5) is 30.4. The average molecular weight is 366 g/mol. The van der Waals surface area contributed by atoms with E-state index in [1.807, 2.05) is 48.7 Å². The zero-order chi connectivity index (χ0) is 19.1. The molecular weight excluding hydrogens is 340 g/mol. The minimum atomic E-state index is -0.148. The quantitative estimate of drug-likeness (QED) is 0.854. The molecule has 0 aliphatic carbocycles. The number of nitrogens with one attached hydrogen (secondary N) is 2. The number of nitrogens with zero attached hydrogens (tertiary/aromatic N) is 2. The third-order valence-electron chi connectivity index (χ3n) is 4.93. The highest BCUT2D eigenvalue weighted by atomic mass is 16.2. The predicted octanol–water partition coefficient (Wildman–Crippen LogP) is 2.86. The van der Waals surface area contributed by atoms with Crippen LogP contribution in [-0.4, -0.2) is 42.0 Å². The third-order valence-corrected chi connectivity index (χ3v) is 4.93. The van der Waals surface area contributed by atoms with Crippen LogP contribution in [0.5, 0.6) is 0 Å². The molecule has 6 heteroatoms. The van der Waals surface area contributed by atoms with Gasteiger partial charge in [0.2, 0.25) is 5.91 Å². The molecule has 1 unspecified atom stereocenters.